The second-order valence-corrected chi connectivity index (χ2v) is 11.2. The summed E-state index contributed by atoms with van der Waals surface area (Å²) in [5, 5.41) is 3.94. The summed E-state index contributed by atoms with van der Waals surface area (Å²) in [6.07, 6.45) is 1.62. The molecule has 1 aromatic carbocycles. The van der Waals surface area contributed by atoms with Crippen molar-refractivity contribution in [2.75, 3.05) is 11.5 Å². The summed E-state index contributed by atoms with van der Waals surface area (Å²) in [5.41, 5.74) is 0.196. The highest BCUT2D eigenvalue weighted by Crippen LogP contribution is 2.40. The lowest BCUT2D eigenvalue weighted by Gasteiger charge is -2.17. The molecule has 2 aromatic rings. The van der Waals surface area contributed by atoms with Crippen molar-refractivity contribution in [3.8, 4) is 5.88 Å². The van der Waals surface area contributed by atoms with E-state index < -0.39 is 31.2 Å². The Balaban J connectivity index is 2.04. The van der Waals surface area contributed by atoms with Crippen molar-refractivity contribution < 1.29 is 25.8 Å². The van der Waals surface area contributed by atoms with Gasteiger partial charge in [0.2, 0.25) is 5.88 Å². The van der Waals surface area contributed by atoms with E-state index in [9.17, 15) is 21.6 Å². The van der Waals surface area contributed by atoms with Crippen molar-refractivity contribution in [1.82, 2.24) is 9.78 Å². The van der Waals surface area contributed by atoms with E-state index in [-0.39, 0.29) is 33.4 Å². The van der Waals surface area contributed by atoms with Crippen LogP contribution in [0.1, 0.15) is 48.7 Å². The molecule has 1 aromatic heterocycles. The monoisotopic (exact) mass is 426 g/mol. The molecular weight excluding hydrogens is 404 g/mol. The highest BCUT2D eigenvalue weighted by Gasteiger charge is 2.41. The molecule has 0 N–H and O–H groups in total. The Bertz CT molecular complexity index is 1160. The molecule has 3 rings (SSSR count). The predicted molar refractivity (Wildman–Crippen MR) is 103 cm³/mol. The van der Waals surface area contributed by atoms with Gasteiger partial charge in [-0.2, -0.15) is 13.5 Å². The van der Waals surface area contributed by atoms with Gasteiger partial charge in [-0.05, 0) is 30.2 Å². The van der Waals surface area contributed by atoms with Crippen LogP contribution in [0.5, 0.6) is 5.88 Å². The molecule has 0 radical (unpaired) electrons. The molecule has 152 valence electrons. The van der Waals surface area contributed by atoms with Crippen LogP contribution in [-0.4, -0.2) is 43.9 Å². The van der Waals surface area contributed by atoms with Crippen LogP contribution < -0.4 is 4.18 Å². The van der Waals surface area contributed by atoms with Crippen LogP contribution in [0.4, 0.5) is 0 Å². The zero-order valence-corrected chi connectivity index (χ0v) is 17.7. The summed E-state index contributed by atoms with van der Waals surface area (Å²) in [4.78, 5) is 13.2. The van der Waals surface area contributed by atoms with E-state index in [4.69, 9.17) is 4.18 Å². The van der Waals surface area contributed by atoms with Crippen LogP contribution in [-0.2, 0) is 32.4 Å². The van der Waals surface area contributed by atoms with Gasteiger partial charge in [0, 0.05) is 18.0 Å². The van der Waals surface area contributed by atoms with Crippen LogP contribution in [0.25, 0.3) is 0 Å². The number of ketones is 1. The van der Waals surface area contributed by atoms with Crippen LogP contribution >= 0.6 is 0 Å². The van der Waals surface area contributed by atoms with Gasteiger partial charge in [-0.1, -0.05) is 20.8 Å². The number of rotatable bonds is 6. The van der Waals surface area contributed by atoms with Crippen LogP contribution in [0.3, 0.4) is 0 Å². The highest BCUT2D eigenvalue weighted by atomic mass is 32.2. The lowest BCUT2D eigenvalue weighted by Crippen LogP contribution is -2.19. The smallest absolute Gasteiger partial charge is 0.310 e. The number of sulfone groups is 1. The maximum Gasteiger partial charge on any atom is 0.310 e. The van der Waals surface area contributed by atoms with E-state index in [0.29, 0.717) is 12.0 Å². The Morgan fingerprint density at radius 3 is 2.64 bits per heavy atom. The van der Waals surface area contributed by atoms with Crippen molar-refractivity contribution in [1.29, 1.82) is 0 Å². The van der Waals surface area contributed by atoms with Crippen LogP contribution in [0, 0.1) is 0 Å². The quantitative estimate of drug-likeness (QED) is 0.511. The van der Waals surface area contributed by atoms with Crippen molar-refractivity contribution in [3.63, 3.8) is 0 Å². The average Bonchev–Trinajstić information content (AvgIpc) is 3.01. The molecule has 1 aliphatic rings. The fourth-order valence-electron chi connectivity index (χ4n) is 3.35. The van der Waals surface area contributed by atoms with Gasteiger partial charge in [0.05, 0.1) is 22.6 Å². The largest absolute Gasteiger partial charge is 0.361 e. The van der Waals surface area contributed by atoms with Gasteiger partial charge in [-0.25, -0.2) is 13.1 Å². The highest BCUT2D eigenvalue weighted by molar-refractivity contribution is 7.91. The Morgan fingerprint density at radius 1 is 1.32 bits per heavy atom. The van der Waals surface area contributed by atoms with E-state index in [2.05, 4.69) is 5.10 Å². The van der Waals surface area contributed by atoms with Crippen molar-refractivity contribution in [3.05, 3.63) is 41.1 Å². The molecule has 8 nitrogen and oxygen atoms in total. The lowest BCUT2D eigenvalue weighted by atomic mass is 9.85. The first-order valence-corrected chi connectivity index (χ1v) is 12.0. The maximum atomic E-state index is 13.0. The van der Waals surface area contributed by atoms with Crippen molar-refractivity contribution in [2.24, 2.45) is 7.05 Å². The summed E-state index contributed by atoms with van der Waals surface area (Å²) >= 11 is 0. The number of aryl methyl sites for hydroxylation is 1. The molecule has 0 bridgehead atoms. The maximum absolute atomic E-state index is 13.0. The normalized spacial score (nSPS) is 17.3. The van der Waals surface area contributed by atoms with Gasteiger partial charge in [0.1, 0.15) is 5.56 Å². The molecule has 0 amide bonds. The summed E-state index contributed by atoms with van der Waals surface area (Å²) < 4.78 is 55.0. The van der Waals surface area contributed by atoms with Crippen LogP contribution in [0.15, 0.2) is 29.3 Å². The molecular formula is C18H22N2O6S2. The van der Waals surface area contributed by atoms with Crippen molar-refractivity contribution >= 4 is 25.7 Å². The first-order chi connectivity index (χ1) is 12.9. The van der Waals surface area contributed by atoms with E-state index in [1.807, 2.05) is 0 Å². The first kappa shape index (κ1) is 20.5. The van der Waals surface area contributed by atoms with E-state index >= 15 is 0 Å². The molecule has 0 atom stereocenters. The molecule has 0 aliphatic carbocycles. The summed E-state index contributed by atoms with van der Waals surface area (Å²) in [5.74, 6) is -0.858. The van der Waals surface area contributed by atoms with Crippen LogP contribution in [0.2, 0.25) is 0 Å². The van der Waals surface area contributed by atoms with Gasteiger partial charge in [-0.3, -0.25) is 4.79 Å². The molecule has 0 unspecified atom stereocenters. The summed E-state index contributed by atoms with van der Waals surface area (Å²) in [6.45, 7) is 5.32. The van der Waals surface area contributed by atoms with Gasteiger partial charge >= 0.3 is 10.1 Å². The first-order valence-electron chi connectivity index (χ1n) is 8.74. The molecule has 1 aliphatic heterocycles. The number of carbonyl (C=O) groups is 1. The molecule has 0 saturated carbocycles. The molecule has 10 heteroatoms. The molecule has 0 spiro atoms. The Hall–Kier alpha value is -2.20. The zero-order valence-electron chi connectivity index (χ0n) is 16.1. The van der Waals surface area contributed by atoms with E-state index in [1.54, 1.807) is 26.8 Å². The SMILES string of the molecule is CCCS(=O)(=O)Oc1c(C(=O)c2ccc3c(c2)C(C)(C)CS3(=O)=O)cnn1C. The van der Waals surface area contributed by atoms with Gasteiger partial charge in [0.25, 0.3) is 0 Å². The van der Waals surface area contributed by atoms with Gasteiger partial charge < -0.3 is 4.18 Å². The van der Waals surface area contributed by atoms with Crippen molar-refractivity contribution in [2.45, 2.75) is 37.5 Å². The fraction of sp³-hybridized carbons (Fsp3) is 0.444. The second kappa shape index (κ2) is 6.70. The number of hydrogen-bond donors (Lipinski definition) is 0. The number of aromatic nitrogens is 2. The minimum Gasteiger partial charge on any atom is -0.361 e. The van der Waals surface area contributed by atoms with Gasteiger partial charge in [-0.15, -0.1) is 0 Å². The predicted octanol–water partition coefficient (Wildman–Crippen LogP) is 1.83. The van der Waals surface area contributed by atoms with Gasteiger partial charge in [0.15, 0.2) is 15.6 Å². The second-order valence-electron chi connectivity index (χ2n) is 7.52. The lowest BCUT2D eigenvalue weighted by molar-refractivity contribution is 0.103. The Morgan fingerprint density at radius 2 is 2.00 bits per heavy atom. The number of nitrogens with zero attached hydrogens (tertiary/aromatic N) is 2. The summed E-state index contributed by atoms with van der Waals surface area (Å²) in [6, 6.07) is 4.41. The number of benzene rings is 1. The van der Waals surface area contributed by atoms with E-state index in [0.717, 1.165) is 0 Å². The third-order valence-corrected chi connectivity index (χ3v) is 8.09. The molecule has 28 heavy (non-hydrogen) atoms. The standard InChI is InChI=1S/C18H22N2O6S2/c1-5-8-28(24,25)26-17-13(10-19-20(17)4)16(21)12-6-7-15-14(9-12)18(2,3)11-27(15,22)23/h6-7,9-10H,5,8,11H2,1-4H3. The molecule has 0 fully saturated rings. The summed E-state index contributed by atoms with van der Waals surface area (Å²) in [7, 11) is -5.76. The minimum absolute atomic E-state index is 0.000730. The zero-order chi connectivity index (χ0) is 20.9. The average molecular weight is 427 g/mol. The Kier molecular flexibility index (Phi) is 4.91. The number of carbonyl (C=O) groups excluding carboxylic acids is 1. The molecule has 0 saturated heterocycles. The fourth-order valence-corrected chi connectivity index (χ4v) is 6.58. The van der Waals surface area contributed by atoms with E-state index in [1.165, 1.54) is 30.1 Å². The number of hydrogen-bond acceptors (Lipinski definition) is 7. The Labute approximate surface area is 164 Å². The third kappa shape index (κ3) is 3.58. The molecule has 2 heterocycles. The topological polar surface area (TPSA) is 112 Å². The minimum atomic E-state index is -3.85. The third-order valence-electron chi connectivity index (χ3n) is 4.65. The number of fused-ring (bicyclic) bond motifs is 1.